The quantitative estimate of drug-likeness (QED) is 0.356. The highest BCUT2D eigenvalue weighted by molar-refractivity contribution is 5.61. The average Bonchev–Trinajstić information content (AvgIpc) is 3.01. The van der Waals surface area contributed by atoms with Crippen LogP contribution in [0, 0.1) is 0 Å². The summed E-state index contributed by atoms with van der Waals surface area (Å²) >= 11 is 0. The molecule has 3 aliphatic heterocycles. The zero-order chi connectivity index (χ0) is 28.4. The lowest BCUT2D eigenvalue weighted by atomic mass is 9.85. The van der Waals surface area contributed by atoms with Crippen molar-refractivity contribution in [3.8, 4) is 11.5 Å². The number of anilines is 1. The van der Waals surface area contributed by atoms with Gasteiger partial charge in [-0.05, 0) is 68.1 Å². The molecular formula is C33H49N3O5. The highest BCUT2D eigenvalue weighted by Gasteiger charge is 2.36. The van der Waals surface area contributed by atoms with Gasteiger partial charge in [0, 0.05) is 51.9 Å². The van der Waals surface area contributed by atoms with Gasteiger partial charge in [0.25, 0.3) is 0 Å². The van der Waals surface area contributed by atoms with Crippen LogP contribution in [0.5, 0.6) is 11.5 Å². The predicted molar refractivity (Wildman–Crippen MR) is 162 cm³/mol. The maximum absolute atomic E-state index is 6.70. The Bertz CT molecular complexity index is 1070. The third-order valence-electron chi connectivity index (χ3n) is 8.87. The van der Waals surface area contributed by atoms with E-state index in [1.165, 1.54) is 31.4 Å². The summed E-state index contributed by atoms with van der Waals surface area (Å²) in [5, 5.41) is 3.60. The molecule has 4 atom stereocenters. The highest BCUT2D eigenvalue weighted by Crippen LogP contribution is 2.35. The fourth-order valence-corrected chi connectivity index (χ4v) is 6.50. The third-order valence-corrected chi connectivity index (χ3v) is 8.87. The second kappa shape index (κ2) is 15.2. The molecule has 0 aliphatic carbocycles. The SMILES string of the molecule is COCCCN1CCOc2ccc(CO[C@H]3CNC[C@@H](OCCN4CCCC[C@@H]4C)[C@@H]3c3ccc(OC)cc3)cc21. The van der Waals surface area contributed by atoms with E-state index >= 15 is 0 Å². The fourth-order valence-electron chi connectivity index (χ4n) is 6.50. The van der Waals surface area contributed by atoms with Crippen molar-refractivity contribution in [2.45, 2.75) is 63.4 Å². The summed E-state index contributed by atoms with van der Waals surface area (Å²) in [7, 11) is 3.47. The van der Waals surface area contributed by atoms with Gasteiger partial charge in [-0.25, -0.2) is 0 Å². The monoisotopic (exact) mass is 567 g/mol. The molecule has 8 nitrogen and oxygen atoms in total. The van der Waals surface area contributed by atoms with Crippen LogP contribution in [-0.2, 0) is 20.8 Å². The maximum atomic E-state index is 6.70. The summed E-state index contributed by atoms with van der Waals surface area (Å²) in [4.78, 5) is 4.98. The molecule has 0 radical (unpaired) electrons. The van der Waals surface area contributed by atoms with Crippen molar-refractivity contribution in [3.63, 3.8) is 0 Å². The van der Waals surface area contributed by atoms with E-state index in [-0.39, 0.29) is 18.1 Å². The maximum Gasteiger partial charge on any atom is 0.142 e. The Morgan fingerprint density at radius 2 is 1.76 bits per heavy atom. The van der Waals surface area contributed by atoms with E-state index in [9.17, 15) is 0 Å². The van der Waals surface area contributed by atoms with Crippen molar-refractivity contribution in [2.24, 2.45) is 0 Å². The molecule has 2 aromatic carbocycles. The molecule has 2 saturated heterocycles. The van der Waals surface area contributed by atoms with Crippen molar-refractivity contribution < 1.29 is 23.7 Å². The first kappa shape index (κ1) is 30.1. The van der Waals surface area contributed by atoms with Gasteiger partial charge in [-0.15, -0.1) is 0 Å². The Labute approximate surface area is 246 Å². The lowest BCUT2D eigenvalue weighted by molar-refractivity contribution is -0.0647. The molecule has 0 aromatic heterocycles. The van der Waals surface area contributed by atoms with Gasteiger partial charge in [0.15, 0.2) is 0 Å². The van der Waals surface area contributed by atoms with Crippen LogP contribution in [0.2, 0.25) is 0 Å². The van der Waals surface area contributed by atoms with E-state index in [0.29, 0.717) is 19.3 Å². The number of rotatable bonds is 13. The van der Waals surface area contributed by atoms with Crippen LogP contribution in [0.15, 0.2) is 42.5 Å². The van der Waals surface area contributed by atoms with E-state index in [2.05, 4.69) is 52.4 Å². The number of piperidine rings is 2. The van der Waals surface area contributed by atoms with E-state index in [4.69, 9.17) is 23.7 Å². The number of hydrogen-bond donors (Lipinski definition) is 1. The molecule has 0 saturated carbocycles. The minimum Gasteiger partial charge on any atom is -0.497 e. The average molecular weight is 568 g/mol. The predicted octanol–water partition coefficient (Wildman–Crippen LogP) is 4.46. The molecule has 0 amide bonds. The van der Waals surface area contributed by atoms with Crippen LogP contribution < -0.4 is 19.7 Å². The van der Waals surface area contributed by atoms with Crippen molar-refractivity contribution in [3.05, 3.63) is 53.6 Å². The summed E-state index contributed by atoms with van der Waals surface area (Å²) in [6, 6.07) is 15.5. The number of methoxy groups -OCH3 is 2. The number of ether oxygens (including phenoxy) is 5. The number of hydrogen-bond acceptors (Lipinski definition) is 8. The Balaban J connectivity index is 1.26. The molecule has 1 N–H and O–H groups in total. The van der Waals surface area contributed by atoms with Crippen LogP contribution in [0.1, 0.15) is 49.7 Å². The van der Waals surface area contributed by atoms with Crippen molar-refractivity contribution in [2.75, 3.05) is 78.2 Å². The number of fused-ring (bicyclic) bond motifs is 1. The van der Waals surface area contributed by atoms with Gasteiger partial charge in [-0.3, -0.25) is 4.90 Å². The van der Waals surface area contributed by atoms with E-state index in [1.54, 1.807) is 14.2 Å². The van der Waals surface area contributed by atoms with Gasteiger partial charge >= 0.3 is 0 Å². The van der Waals surface area contributed by atoms with Crippen LogP contribution in [0.4, 0.5) is 5.69 Å². The summed E-state index contributed by atoms with van der Waals surface area (Å²) < 4.78 is 30.0. The Morgan fingerprint density at radius 1 is 0.927 bits per heavy atom. The molecule has 2 fully saturated rings. The zero-order valence-corrected chi connectivity index (χ0v) is 25.2. The highest BCUT2D eigenvalue weighted by atomic mass is 16.5. The Hall–Kier alpha value is -2.36. The van der Waals surface area contributed by atoms with Crippen LogP contribution in [0.25, 0.3) is 0 Å². The number of nitrogens with zero attached hydrogens (tertiary/aromatic N) is 2. The number of benzene rings is 2. The standard InChI is InChI=1S/C33H49N3O5/c1-25-7-4-5-14-35(25)16-19-40-31-22-34-23-32(33(31)27-9-11-28(38-3)12-10-27)41-24-26-8-13-30-29(21-26)36(17-20-39-30)15-6-18-37-2/h8-13,21,25,31-34H,4-7,14-20,22-24H2,1-3H3/t25-,31+,32-,33-/m0/s1. The summed E-state index contributed by atoms with van der Waals surface area (Å²) in [6.45, 7) is 10.7. The van der Waals surface area contributed by atoms with Gasteiger partial charge < -0.3 is 33.9 Å². The smallest absolute Gasteiger partial charge is 0.142 e. The second-order valence-corrected chi connectivity index (χ2v) is 11.6. The van der Waals surface area contributed by atoms with Gasteiger partial charge in [-0.1, -0.05) is 24.6 Å². The van der Waals surface area contributed by atoms with Crippen LogP contribution >= 0.6 is 0 Å². The van der Waals surface area contributed by atoms with Gasteiger partial charge in [-0.2, -0.15) is 0 Å². The van der Waals surface area contributed by atoms with Crippen molar-refractivity contribution in [1.29, 1.82) is 0 Å². The van der Waals surface area contributed by atoms with Gasteiger partial charge in [0.1, 0.15) is 18.1 Å². The minimum absolute atomic E-state index is 0.0128. The van der Waals surface area contributed by atoms with Crippen molar-refractivity contribution in [1.82, 2.24) is 10.2 Å². The van der Waals surface area contributed by atoms with Gasteiger partial charge in [0.2, 0.25) is 0 Å². The molecule has 3 heterocycles. The summed E-state index contributed by atoms with van der Waals surface area (Å²) in [5.74, 6) is 1.94. The lowest BCUT2D eigenvalue weighted by Gasteiger charge is -2.40. The number of likely N-dealkylation sites (tertiary alicyclic amines) is 1. The molecule has 3 aliphatic rings. The van der Waals surface area contributed by atoms with Crippen molar-refractivity contribution >= 4 is 5.69 Å². The summed E-state index contributed by atoms with van der Waals surface area (Å²) in [5.41, 5.74) is 3.54. The van der Waals surface area contributed by atoms with E-state index in [0.717, 1.165) is 75.1 Å². The fraction of sp³-hybridized carbons (Fsp3) is 0.636. The molecule has 2 aromatic rings. The van der Waals surface area contributed by atoms with E-state index < -0.39 is 0 Å². The summed E-state index contributed by atoms with van der Waals surface area (Å²) in [6.07, 6.45) is 4.93. The lowest BCUT2D eigenvalue weighted by Crippen LogP contribution is -2.51. The third kappa shape index (κ3) is 7.93. The Morgan fingerprint density at radius 3 is 2.54 bits per heavy atom. The van der Waals surface area contributed by atoms with Crippen LogP contribution in [-0.4, -0.2) is 96.5 Å². The molecule has 41 heavy (non-hydrogen) atoms. The first-order chi connectivity index (χ1) is 20.2. The van der Waals surface area contributed by atoms with Gasteiger partial charge in [0.05, 0.1) is 44.8 Å². The zero-order valence-electron chi connectivity index (χ0n) is 25.2. The van der Waals surface area contributed by atoms with Crippen LogP contribution in [0.3, 0.4) is 0 Å². The minimum atomic E-state index is -0.0128. The topological polar surface area (TPSA) is 64.7 Å². The number of nitrogens with one attached hydrogen (secondary N) is 1. The molecule has 0 unspecified atom stereocenters. The first-order valence-corrected chi connectivity index (χ1v) is 15.5. The second-order valence-electron chi connectivity index (χ2n) is 11.6. The molecule has 8 heteroatoms. The van der Waals surface area contributed by atoms with E-state index in [1.807, 2.05) is 12.1 Å². The molecular weight excluding hydrogens is 518 g/mol. The largest absolute Gasteiger partial charge is 0.497 e. The molecule has 0 bridgehead atoms. The Kier molecular flexibility index (Phi) is 11.2. The molecule has 5 rings (SSSR count). The first-order valence-electron chi connectivity index (χ1n) is 15.5. The molecule has 226 valence electrons. The normalized spacial score (nSPS) is 25.0. The molecule has 0 spiro atoms.